The van der Waals surface area contributed by atoms with Gasteiger partial charge < -0.3 is 10.2 Å². The minimum absolute atomic E-state index is 0.0202. The first-order chi connectivity index (χ1) is 14.2. The number of hydrogen-bond donors (Lipinski definition) is 1. The lowest BCUT2D eigenvalue weighted by Crippen LogP contribution is -2.46. The number of aryl methyl sites for hydroxylation is 1. The Labute approximate surface area is 176 Å². The van der Waals surface area contributed by atoms with Gasteiger partial charge in [-0.15, -0.1) is 11.3 Å². The van der Waals surface area contributed by atoms with Crippen LogP contribution in [-0.2, 0) is 24.2 Å². The van der Waals surface area contributed by atoms with Crippen LogP contribution >= 0.6 is 11.3 Å². The molecule has 1 aromatic heterocycles. The van der Waals surface area contributed by atoms with Crippen LogP contribution in [0.4, 0.5) is 5.00 Å². The summed E-state index contributed by atoms with van der Waals surface area (Å²) < 4.78 is 0. The van der Waals surface area contributed by atoms with Crippen molar-refractivity contribution in [3.05, 3.63) is 51.9 Å². The maximum absolute atomic E-state index is 12.5. The van der Waals surface area contributed by atoms with Gasteiger partial charge in [0, 0.05) is 50.6 Å². The molecule has 152 valence electrons. The third kappa shape index (κ3) is 5.05. The summed E-state index contributed by atoms with van der Waals surface area (Å²) in [7, 11) is 0. The number of piperazine rings is 1. The summed E-state index contributed by atoms with van der Waals surface area (Å²) in [6.07, 6.45) is 4.81. The van der Waals surface area contributed by atoms with E-state index < -0.39 is 0 Å². The molecule has 1 N–H and O–H groups in total. The van der Waals surface area contributed by atoms with Crippen LogP contribution in [0.3, 0.4) is 0 Å². The molecule has 2 aromatic rings. The number of amides is 1. The summed E-state index contributed by atoms with van der Waals surface area (Å²) >= 11 is 1.60. The van der Waals surface area contributed by atoms with Crippen molar-refractivity contribution < 1.29 is 4.79 Å². The van der Waals surface area contributed by atoms with Crippen LogP contribution in [0.25, 0.3) is 0 Å². The van der Waals surface area contributed by atoms with Gasteiger partial charge in [0.15, 0.2) is 0 Å². The Bertz CT molecular complexity index is 878. The molecule has 0 atom stereocenters. The van der Waals surface area contributed by atoms with Gasteiger partial charge in [-0.25, -0.2) is 0 Å². The molecule has 1 fully saturated rings. The summed E-state index contributed by atoms with van der Waals surface area (Å²) in [5, 5.41) is 13.3. The molecule has 1 aliphatic carbocycles. The third-order valence-electron chi connectivity index (χ3n) is 5.91. The van der Waals surface area contributed by atoms with Gasteiger partial charge in [0.2, 0.25) is 5.91 Å². The highest BCUT2D eigenvalue weighted by Gasteiger charge is 2.22. The molecule has 1 aliphatic heterocycles. The smallest absolute Gasteiger partial charge is 0.226 e. The van der Waals surface area contributed by atoms with Gasteiger partial charge in [-0.05, 0) is 36.8 Å². The monoisotopic (exact) mass is 408 g/mol. The number of nitrogens with zero attached hydrogens (tertiary/aromatic N) is 3. The fourth-order valence-electron chi connectivity index (χ4n) is 4.23. The lowest BCUT2D eigenvalue weighted by molar-refractivity contribution is -0.116. The number of carbonyl (C=O) groups excluding carboxylic acids is 1. The van der Waals surface area contributed by atoms with Crippen LogP contribution in [0.1, 0.15) is 40.8 Å². The van der Waals surface area contributed by atoms with E-state index in [4.69, 9.17) is 0 Å². The number of fused-ring (bicyclic) bond motifs is 1. The van der Waals surface area contributed by atoms with E-state index >= 15 is 0 Å². The van der Waals surface area contributed by atoms with Crippen LogP contribution < -0.4 is 5.32 Å². The predicted octanol–water partition coefficient (Wildman–Crippen LogP) is 3.64. The van der Waals surface area contributed by atoms with Crippen LogP contribution in [-0.4, -0.2) is 48.4 Å². The predicted molar refractivity (Wildman–Crippen MR) is 117 cm³/mol. The molecule has 29 heavy (non-hydrogen) atoms. The average molecular weight is 409 g/mol. The molecule has 6 heteroatoms. The molecule has 0 radical (unpaired) electrons. The lowest BCUT2D eigenvalue weighted by Gasteiger charge is -2.34. The van der Waals surface area contributed by atoms with E-state index in [1.807, 2.05) is 0 Å². The Hall–Kier alpha value is -2.20. The number of carbonyl (C=O) groups is 1. The Balaban J connectivity index is 1.23. The van der Waals surface area contributed by atoms with Gasteiger partial charge in [-0.1, -0.05) is 30.3 Å². The normalized spacial score (nSPS) is 17.5. The summed E-state index contributed by atoms with van der Waals surface area (Å²) in [6.45, 7) is 5.83. The molecule has 2 aliphatic rings. The molecule has 5 nitrogen and oxygen atoms in total. The van der Waals surface area contributed by atoms with Crippen molar-refractivity contribution >= 4 is 22.2 Å². The fraction of sp³-hybridized carbons (Fsp3) is 0.478. The molecule has 0 unspecified atom stereocenters. The number of benzene rings is 1. The number of hydrogen-bond acceptors (Lipinski definition) is 5. The molecular formula is C23H28N4OS. The van der Waals surface area contributed by atoms with Crippen molar-refractivity contribution in [1.29, 1.82) is 5.26 Å². The van der Waals surface area contributed by atoms with Gasteiger partial charge in [0.25, 0.3) is 0 Å². The van der Waals surface area contributed by atoms with Crippen LogP contribution in [0, 0.1) is 11.3 Å². The molecule has 0 bridgehead atoms. The minimum atomic E-state index is 0.0202. The van der Waals surface area contributed by atoms with Gasteiger partial charge in [0.05, 0.1) is 5.56 Å². The number of nitrogens with one attached hydrogen (secondary N) is 1. The summed E-state index contributed by atoms with van der Waals surface area (Å²) in [5.41, 5.74) is 3.23. The Morgan fingerprint density at radius 1 is 1.07 bits per heavy atom. The first-order valence-corrected chi connectivity index (χ1v) is 11.4. The lowest BCUT2D eigenvalue weighted by atomic mass is 9.96. The maximum atomic E-state index is 12.5. The van der Waals surface area contributed by atoms with Crippen molar-refractivity contribution in [2.24, 2.45) is 0 Å². The zero-order valence-electron chi connectivity index (χ0n) is 16.8. The summed E-state index contributed by atoms with van der Waals surface area (Å²) in [5.74, 6) is 0.0202. The van der Waals surface area contributed by atoms with Gasteiger partial charge >= 0.3 is 0 Å². The molecule has 0 spiro atoms. The summed E-state index contributed by atoms with van der Waals surface area (Å²) in [6, 6.07) is 12.9. The van der Waals surface area contributed by atoms with E-state index in [-0.39, 0.29) is 5.91 Å². The van der Waals surface area contributed by atoms with E-state index in [2.05, 4.69) is 51.5 Å². The first kappa shape index (κ1) is 20.1. The SMILES string of the molecule is N#Cc1c(NC(=O)CCN2CCN(Cc3ccccc3)CC2)sc2c1CCCC2. The molecule has 4 rings (SSSR count). The molecule has 1 saturated heterocycles. The molecule has 0 saturated carbocycles. The second kappa shape index (κ2) is 9.53. The van der Waals surface area contributed by atoms with Crippen molar-refractivity contribution in [3.63, 3.8) is 0 Å². The first-order valence-electron chi connectivity index (χ1n) is 10.6. The largest absolute Gasteiger partial charge is 0.317 e. The van der Waals surface area contributed by atoms with E-state index in [1.54, 1.807) is 11.3 Å². The Morgan fingerprint density at radius 2 is 1.79 bits per heavy atom. The van der Waals surface area contributed by atoms with Crippen LogP contribution in [0.2, 0.25) is 0 Å². The highest BCUT2D eigenvalue weighted by atomic mass is 32.1. The van der Waals surface area contributed by atoms with Crippen molar-refractivity contribution in [2.45, 2.75) is 38.6 Å². The number of nitriles is 1. The third-order valence-corrected chi connectivity index (χ3v) is 7.11. The van der Waals surface area contributed by atoms with Gasteiger partial charge in [-0.2, -0.15) is 5.26 Å². The summed E-state index contributed by atoms with van der Waals surface area (Å²) in [4.78, 5) is 18.6. The van der Waals surface area contributed by atoms with E-state index in [0.717, 1.165) is 63.5 Å². The van der Waals surface area contributed by atoms with Crippen molar-refractivity contribution in [3.8, 4) is 6.07 Å². The zero-order valence-corrected chi connectivity index (χ0v) is 17.6. The average Bonchev–Trinajstić information content (AvgIpc) is 3.11. The quantitative estimate of drug-likeness (QED) is 0.793. The maximum Gasteiger partial charge on any atom is 0.226 e. The second-order valence-corrected chi connectivity index (χ2v) is 9.03. The van der Waals surface area contributed by atoms with E-state index in [0.29, 0.717) is 12.0 Å². The van der Waals surface area contributed by atoms with Crippen molar-refractivity contribution in [2.75, 3.05) is 38.0 Å². The second-order valence-electron chi connectivity index (χ2n) is 7.93. The van der Waals surface area contributed by atoms with Gasteiger partial charge in [-0.3, -0.25) is 9.69 Å². The van der Waals surface area contributed by atoms with Gasteiger partial charge in [0.1, 0.15) is 11.1 Å². The van der Waals surface area contributed by atoms with E-state index in [1.165, 1.54) is 22.4 Å². The number of thiophene rings is 1. The molecule has 2 heterocycles. The highest BCUT2D eigenvalue weighted by molar-refractivity contribution is 7.16. The fourth-order valence-corrected chi connectivity index (χ4v) is 5.49. The standard InChI is InChI=1S/C23H28N4OS/c24-16-20-19-8-4-5-9-21(19)29-23(20)25-22(28)10-11-26-12-14-27(15-13-26)17-18-6-2-1-3-7-18/h1-3,6-7H,4-5,8-15,17H2,(H,25,28). The molecule has 1 aromatic carbocycles. The van der Waals surface area contributed by atoms with E-state index in [9.17, 15) is 10.1 Å². The topological polar surface area (TPSA) is 59.4 Å². The van der Waals surface area contributed by atoms with Crippen LogP contribution in [0.5, 0.6) is 0 Å². The Morgan fingerprint density at radius 3 is 2.55 bits per heavy atom. The zero-order chi connectivity index (χ0) is 20.1. The van der Waals surface area contributed by atoms with Crippen LogP contribution in [0.15, 0.2) is 30.3 Å². The molecular weight excluding hydrogens is 380 g/mol. The highest BCUT2D eigenvalue weighted by Crippen LogP contribution is 2.37. The van der Waals surface area contributed by atoms with Crippen molar-refractivity contribution in [1.82, 2.24) is 9.80 Å². The number of anilines is 1. The molecule has 1 amide bonds. The number of rotatable bonds is 6. The minimum Gasteiger partial charge on any atom is -0.317 e. The Kier molecular flexibility index (Phi) is 6.60.